The number of allylic oxidation sites excluding steroid dienone is 1. The maximum absolute atomic E-state index is 12.1. The predicted octanol–water partition coefficient (Wildman–Crippen LogP) is 2.91. The highest BCUT2D eigenvalue weighted by molar-refractivity contribution is 6.12. The quantitative estimate of drug-likeness (QED) is 0.493. The number of carbonyl (C=O) groups excluding carboxylic acids is 1. The summed E-state index contributed by atoms with van der Waals surface area (Å²) in [5.74, 6) is -0.238. The number of Topliss-reactive ketones (excluding diaryl/α,β-unsaturated/α-hetero) is 1. The molecule has 3 rings (SSSR count). The SMILES string of the molecule is N#C/C(=C\c1ccc(N2CCOCC2)cc1)C(=O)c1ccco1. The van der Waals surface area contributed by atoms with Crippen LogP contribution in [0.25, 0.3) is 6.08 Å². The van der Waals surface area contributed by atoms with Crippen molar-refractivity contribution in [2.24, 2.45) is 0 Å². The molecule has 2 heterocycles. The molecule has 5 heteroatoms. The Bertz CT molecular complexity index is 734. The molecule has 23 heavy (non-hydrogen) atoms. The van der Waals surface area contributed by atoms with E-state index >= 15 is 0 Å². The summed E-state index contributed by atoms with van der Waals surface area (Å²) in [7, 11) is 0. The van der Waals surface area contributed by atoms with Crippen molar-refractivity contribution in [2.45, 2.75) is 0 Å². The smallest absolute Gasteiger partial charge is 0.238 e. The Morgan fingerprint density at radius 1 is 1.17 bits per heavy atom. The Labute approximate surface area is 134 Å². The van der Waals surface area contributed by atoms with Crippen molar-refractivity contribution >= 4 is 17.5 Å². The van der Waals surface area contributed by atoms with Gasteiger partial charge in [-0.15, -0.1) is 0 Å². The fourth-order valence-electron chi connectivity index (χ4n) is 2.46. The van der Waals surface area contributed by atoms with E-state index in [1.165, 1.54) is 6.26 Å². The van der Waals surface area contributed by atoms with Gasteiger partial charge in [-0.1, -0.05) is 12.1 Å². The molecule has 0 atom stereocenters. The van der Waals surface area contributed by atoms with Crippen molar-refractivity contribution < 1.29 is 13.9 Å². The van der Waals surface area contributed by atoms with E-state index in [1.807, 2.05) is 30.3 Å². The first-order valence-corrected chi connectivity index (χ1v) is 7.41. The average molecular weight is 308 g/mol. The van der Waals surface area contributed by atoms with Crippen LogP contribution >= 0.6 is 0 Å². The zero-order chi connectivity index (χ0) is 16.1. The summed E-state index contributed by atoms with van der Waals surface area (Å²) in [5.41, 5.74) is 1.97. The van der Waals surface area contributed by atoms with E-state index in [4.69, 9.17) is 9.15 Å². The van der Waals surface area contributed by atoms with Crippen LogP contribution in [0.3, 0.4) is 0 Å². The molecule has 1 fully saturated rings. The van der Waals surface area contributed by atoms with Gasteiger partial charge in [0.2, 0.25) is 5.78 Å². The number of ether oxygens (including phenoxy) is 1. The van der Waals surface area contributed by atoms with Gasteiger partial charge < -0.3 is 14.1 Å². The number of ketones is 1. The van der Waals surface area contributed by atoms with Gasteiger partial charge in [0.15, 0.2) is 5.76 Å². The number of morpholine rings is 1. The summed E-state index contributed by atoms with van der Waals surface area (Å²) in [6.07, 6.45) is 2.99. The standard InChI is InChI=1S/C18H16N2O3/c19-13-15(18(21)17-2-1-9-23-17)12-14-3-5-16(6-4-14)20-7-10-22-11-8-20/h1-6,9,12H,7-8,10-11H2/b15-12+. The first-order chi connectivity index (χ1) is 11.3. The lowest BCUT2D eigenvalue weighted by Gasteiger charge is -2.28. The molecule has 0 saturated carbocycles. The number of hydrogen-bond acceptors (Lipinski definition) is 5. The Morgan fingerprint density at radius 2 is 1.91 bits per heavy atom. The van der Waals surface area contributed by atoms with Crippen molar-refractivity contribution in [1.29, 1.82) is 5.26 Å². The Morgan fingerprint density at radius 3 is 2.52 bits per heavy atom. The zero-order valence-electron chi connectivity index (χ0n) is 12.6. The lowest BCUT2D eigenvalue weighted by molar-refractivity contribution is 0.101. The van der Waals surface area contributed by atoms with Crippen LogP contribution in [-0.2, 0) is 4.74 Å². The molecule has 0 amide bonds. The summed E-state index contributed by atoms with van der Waals surface area (Å²) in [6, 6.07) is 12.9. The van der Waals surface area contributed by atoms with Crippen LogP contribution in [-0.4, -0.2) is 32.1 Å². The number of furan rings is 1. The highest BCUT2D eigenvalue weighted by Crippen LogP contribution is 2.19. The van der Waals surface area contributed by atoms with Crippen LogP contribution in [0.1, 0.15) is 16.1 Å². The van der Waals surface area contributed by atoms with Crippen LogP contribution in [0.4, 0.5) is 5.69 Å². The van der Waals surface area contributed by atoms with Crippen LogP contribution in [0.5, 0.6) is 0 Å². The third kappa shape index (κ3) is 3.50. The van der Waals surface area contributed by atoms with E-state index in [9.17, 15) is 10.1 Å². The molecule has 0 unspecified atom stereocenters. The second-order valence-electron chi connectivity index (χ2n) is 5.17. The summed E-state index contributed by atoms with van der Waals surface area (Å²) in [6.45, 7) is 3.21. The van der Waals surface area contributed by atoms with Crippen molar-refractivity contribution in [3.8, 4) is 6.07 Å². The highest BCUT2D eigenvalue weighted by atomic mass is 16.5. The molecule has 0 spiro atoms. The normalized spacial score (nSPS) is 15.3. The van der Waals surface area contributed by atoms with Crippen LogP contribution < -0.4 is 4.90 Å². The number of nitrogens with zero attached hydrogens (tertiary/aromatic N) is 2. The molecule has 1 aliphatic heterocycles. The highest BCUT2D eigenvalue weighted by Gasteiger charge is 2.15. The molecule has 0 radical (unpaired) electrons. The number of benzene rings is 1. The van der Waals surface area contributed by atoms with Gasteiger partial charge in [-0.3, -0.25) is 4.79 Å². The van der Waals surface area contributed by atoms with E-state index in [1.54, 1.807) is 18.2 Å². The second-order valence-corrected chi connectivity index (χ2v) is 5.17. The van der Waals surface area contributed by atoms with Crippen molar-refractivity contribution in [3.63, 3.8) is 0 Å². The maximum atomic E-state index is 12.1. The lowest BCUT2D eigenvalue weighted by atomic mass is 10.1. The number of carbonyl (C=O) groups is 1. The first-order valence-electron chi connectivity index (χ1n) is 7.41. The number of rotatable bonds is 4. The zero-order valence-corrected chi connectivity index (χ0v) is 12.6. The summed E-state index contributed by atoms with van der Waals surface area (Å²) >= 11 is 0. The maximum Gasteiger partial charge on any atom is 0.238 e. The van der Waals surface area contributed by atoms with Crippen molar-refractivity contribution in [1.82, 2.24) is 0 Å². The fourth-order valence-corrected chi connectivity index (χ4v) is 2.46. The third-order valence-corrected chi connectivity index (χ3v) is 3.69. The number of nitriles is 1. The number of hydrogen-bond donors (Lipinski definition) is 0. The summed E-state index contributed by atoms with van der Waals surface area (Å²) in [4.78, 5) is 14.4. The van der Waals surface area contributed by atoms with Gasteiger partial charge in [0, 0.05) is 18.8 Å². The Hall–Kier alpha value is -2.84. The topological polar surface area (TPSA) is 66.5 Å². The van der Waals surface area contributed by atoms with Crippen LogP contribution in [0.2, 0.25) is 0 Å². The van der Waals surface area contributed by atoms with E-state index in [2.05, 4.69) is 4.90 Å². The summed E-state index contributed by atoms with van der Waals surface area (Å²) in [5, 5.41) is 9.21. The lowest BCUT2D eigenvalue weighted by Crippen LogP contribution is -2.36. The molecule has 5 nitrogen and oxygen atoms in total. The van der Waals surface area contributed by atoms with E-state index < -0.39 is 5.78 Å². The molecule has 116 valence electrons. The minimum absolute atomic E-state index is 0.0547. The average Bonchev–Trinajstić information content (AvgIpc) is 3.15. The van der Waals surface area contributed by atoms with Gasteiger partial charge in [-0.2, -0.15) is 5.26 Å². The first kappa shape index (κ1) is 15.1. The molecule has 1 aromatic carbocycles. The molecular weight excluding hydrogens is 292 g/mol. The molecule has 0 bridgehead atoms. The van der Waals surface area contributed by atoms with Gasteiger partial charge in [-0.25, -0.2) is 0 Å². The molecule has 2 aromatic rings. The minimum atomic E-state index is -0.408. The van der Waals surface area contributed by atoms with E-state index in [0.717, 1.165) is 37.6 Å². The minimum Gasteiger partial charge on any atom is -0.461 e. The molecule has 0 N–H and O–H groups in total. The molecule has 1 saturated heterocycles. The van der Waals surface area contributed by atoms with E-state index in [0.29, 0.717) is 0 Å². The fraction of sp³-hybridized carbons (Fsp3) is 0.222. The van der Waals surface area contributed by atoms with Crippen LogP contribution in [0, 0.1) is 11.3 Å². The third-order valence-electron chi connectivity index (χ3n) is 3.69. The second kappa shape index (κ2) is 6.95. The van der Waals surface area contributed by atoms with Gasteiger partial charge in [0.25, 0.3) is 0 Å². The van der Waals surface area contributed by atoms with Gasteiger partial charge >= 0.3 is 0 Å². The van der Waals surface area contributed by atoms with Gasteiger partial charge in [0.1, 0.15) is 11.6 Å². The number of anilines is 1. The van der Waals surface area contributed by atoms with Crippen LogP contribution in [0.15, 0.2) is 52.7 Å². The summed E-state index contributed by atoms with van der Waals surface area (Å²) < 4.78 is 10.4. The van der Waals surface area contributed by atoms with E-state index in [-0.39, 0.29) is 11.3 Å². The van der Waals surface area contributed by atoms with Crippen molar-refractivity contribution in [2.75, 3.05) is 31.2 Å². The molecular formula is C18H16N2O3. The molecule has 1 aliphatic rings. The molecule has 0 aliphatic carbocycles. The Balaban J connectivity index is 1.78. The molecule has 1 aromatic heterocycles. The largest absolute Gasteiger partial charge is 0.461 e. The predicted molar refractivity (Wildman–Crippen MR) is 86.1 cm³/mol. The van der Waals surface area contributed by atoms with Gasteiger partial charge in [0.05, 0.1) is 19.5 Å². The van der Waals surface area contributed by atoms with Gasteiger partial charge in [-0.05, 0) is 35.9 Å². The van der Waals surface area contributed by atoms with Crippen molar-refractivity contribution in [3.05, 3.63) is 59.6 Å². The monoisotopic (exact) mass is 308 g/mol. The Kier molecular flexibility index (Phi) is 4.55.